The van der Waals surface area contributed by atoms with Crippen molar-refractivity contribution in [3.63, 3.8) is 0 Å². The van der Waals surface area contributed by atoms with Gasteiger partial charge in [-0.3, -0.25) is 4.79 Å². The van der Waals surface area contributed by atoms with Crippen LogP contribution in [-0.4, -0.2) is 27.8 Å². The van der Waals surface area contributed by atoms with Crippen LogP contribution in [0.15, 0.2) is 42.7 Å². The Labute approximate surface area is 152 Å². The van der Waals surface area contributed by atoms with Gasteiger partial charge in [0.15, 0.2) is 0 Å². The molecule has 4 aromatic rings. The molecule has 0 saturated carbocycles. The number of carbonyl (C=O) groups excluding carboxylic acids is 1. The highest BCUT2D eigenvalue weighted by atomic mass is 32.1. The van der Waals surface area contributed by atoms with Gasteiger partial charge in [-0.05, 0) is 18.2 Å². The van der Waals surface area contributed by atoms with E-state index < -0.39 is 0 Å². The summed E-state index contributed by atoms with van der Waals surface area (Å²) in [5, 5.41) is 17.7. The Hall–Kier alpha value is -3.44. The predicted octanol–water partition coefficient (Wildman–Crippen LogP) is 3.16. The SMILES string of the molecule is COc1cc2c(cc1NC(=O)Cn1cnc(C#N)n1)sc1ccccc12. The van der Waals surface area contributed by atoms with E-state index in [0.717, 1.165) is 15.5 Å². The number of hydrogen-bond donors (Lipinski definition) is 1. The largest absolute Gasteiger partial charge is 0.495 e. The number of nitrogens with one attached hydrogen (secondary N) is 1. The molecule has 0 bridgehead atoms. The number of ether oxygens (including phenoxy) is 1. The average Bonchev–Trinajstić information content (AvgIpc) is 3.24. The van der Waals surface area contributed by atoms with E-state index in [1.807, 2.05) is 30.3 Å². The van der Waals surface area contributed by atoms with E-state index in [1.54, 1.807) is 18.4 Å². The highest BCUT2D eigenvalue weighted by molar-refractivity contribution is 7.25. The van der Waals surface area contributed by atoms with Crippen LogP contribution in [0.3, 0.4) is 0 Å². The minimum atomic E-state index is -0.279. The van der Waals surface area contributed by atoms with Gasteiger partial charge in [0.1, 0.15) is 24.7 Å². The van der Waals surface area contributed by atoms with Crippen LogP contribution < -0.4 is 10.1 Å². The zero-order valence-electron chi connectivity index (χ0n) is 13.8. The van der Waals surface area contributed by atoms with Crippen molar-refractivity contribution in [2.45, 2.75) is 6.54 Å². The van der Waals surface area contributed by atoms with Gasteiger partial charge in [-0.1, -0.05) is 18.2 Å². The summed E-state index contributed by atoms with van der Waals surface area (Å²) in [7, 11) is 1.57. The molecule has 4 rings (SSSR count). The predicted molar refractivity (Wildman–Crippen MR) is 99.2 cm³/mol. The summed E-state index contributed by atoms with van der Waals surface area (Å²) >= 11 is 1.66. The lowest BCUT2D eigenvalue weighted by atomic mass is 10.1. The van der Waals surface area contributed by atoms with E-state index in [1.165, 1.54) is 15.7 Å². The Balaban J connectivity index is 1.65. The average molecular weight is 363 g/mol. The molecule has 0 unspecified atom stereocenters. The third kappa shape index (κ3) is 2.85. The van der Waals surface area contributed by atoms with Crippen LogP contribution in [0.2, 0.25) is 0 Å². The maximum atomic E-state index is 12.3. The normalized spacial score (nSPS) is 10.8. The number of nitrogens with zero attached hydrogens (tertiary/aromatic N) is 4. The van der Waals surface area contributed by atoms with E-state index in [-0.39, 0.29) is 18.3 Å². The third-order valence-electron chi connectivity index (χ3n) is 3.92. The molecule has 128 valence electrons. The fraction of sp³-hybridized carbons (Fsp3) is 0.111. The highest BCUT2D eigenvalue weighted by Gasteiger charge is 2.13. The number of aromatic nitrogens is 3. The number of hydrogen-bond acceptors (Lipinski definition) is 6. The van der Waals surface area contributed by atoms with Crippen molar-refractivity contribution < 1.29 is 9.53 Å². The number of rotatable bonds is 4. The fourth-order valence-corrected chi connectivity index (χ4v) is 3.90. The van der Waals surface area contributed by atoms with Gasteiger partial charge in [-0.25, -0.2) is 9.67 Å². The van der Waals surface area contributed by atoms with Gasteiger partial charge in [0.2, 0.25) is 5.91 Å². The Bertz CT molecular complexity index is 1170. The van der Waals surface area contributed by atoms with Gasteiger partial charge < -0.3 is 10.1 Å². The molecular weight excluding hydrogens is 350 g/mol. The molecule has 0 aliphatic carbocycles. The smallest absolute Gasteiger partial charge is 0.252 e. The second-order valence-electron chi connectivity index (χ2n) is 5.57. The summed E-state index contributed by atoms with van der Waals surface area (Å²) in [6.45, 7) is -0.0394. The molecule has 2 aromatic carbocycles. The van der Waals surface area contributed by atoms with Gasteiger partial charge >= 0.3 is 0 Å². The Morgan fingerprint density at radius 3 is 2.92 bits per heavy atom. The van der Waals surface area contributed by atoms with Crippen molar-refractivity contribution in [1.82, 2.24) is 14.8 Å². The van der Waals surface area contributed by atoms with Crippen molar-refractivity contribution >= 4 is 43.1 Å². The molecule has 0 atom stereocenters. The van der Waals surface area contributed by atoms with Gasteiger partial charge in [0.05, 0.1) is 12.8 Å². The molecule has 0 aliphatic rings. The zero-order chi connectivity index (χ0) is 18.1. The quantitative estimate of drug-likeness (QED) is 0.601. The van der Waals surface area contributed by atoms with Crippen molar-refractivity contribution in [3.8, 4) is 11.8 Å². The van der Waals surface area contributed by atoms with E-state index in [9.17, 15) is 4.79 Å². The molecule has 2 heterocycles. The number of amides is 1. The molecule has 7 nitrogen and oxygen atoms in total. The molecule has 8 heteroatoms. The molecular formula is C18H13N5O2S. The van der Waals surface area contributed by atoms with Crippen molar-refractivity contribution in [2.24, 2.45) is 0 Å². The maximum absolute atomic E-state index is 12.3. The lowest BCUT2D eigenvalue weighted by Gasteiger charge is -2.10. The standard InChI is InChI=1S/C18H13N5O2S/c1-25-14-6-12-11-4-2-3-5-15(11)26-16(12)7-13(14)21-18(24)9-23-10-20-17(8-19)22-23/h2-7,10H,9H2,1H3,(H,21,24). The number of methoxy groups -OCH3 is 1. The summed E-state index contributed by atoms with van der Waals surface area (Å²) < 4.78 is 9.02. The summed E-state index contributed by atoms with van der Waals surface area (Å²) in [6.07, 6.45) is 1.35. The van der Waals surface area contributed by atoms with Crippen LogP contribution in [0.4, 0.5) is 5.69 Å². The molecule has 2 aromatic heterocycles. The fourth-order valence-electron chi connectivity index (χ4n) is 2.78. The van der Waals surface area contributed by atoms with Crippen LogP contribution in [-0.2, 0) is 11.3 Å². The Kier molecular flexibility index (Phi) is 3.99. The van der Waals surface area contributed by atoms with Crippen molar-refractivity contribution in [2.75, 3.05) is 12.4 Å². The first-order valence-corrected chi connectivity index (χ1v) is 8.58. The second kappa shape index (κ2) is 6.46. The molecule has 1 amide bonds. The van der Waals surface area contributed by atoms with E-state index in [2.05, 4.69) is 27.5 Å². The molecule has 0 spiro atoms. The van der Waals surface area contributed by atoms with Crippen LogP contribution in [0.1, 0.15) is 5.82 Å². The number of carbonyl (C=O) groups is 1. The third-order valence-corrected chi connectivity index (χ3v) is 5.05. The minimum absolute atomic E-state index is 0.0297. The molecule has 26 heavy (non-hydrogen) atoms. The van der Waals surface area contributed by atoms with Crippen LogP contribution in [0, 0.1) is 11.3 Å². The molecule has 1 N–H and O–H groups in total. The van der Waals surface area contributed by atoms with Gasteiger partial charge in [-0.2, -0.15) is 5.26 Å². The summed E-state index contributed by atoms with van der Waals surface area (Å²) in [5.41, 5.74) is 0.595. The first kappa shape index (κ1) is 16.1. The van der Waals surface area contributed by atoms with Gasteiger partial charge in [0.25, 0.3) is 5.82 Å². The van der Waals surface area contributed by atoms with Crippen LogP contribution in [0.5, 0.6) is 5.75 Å². The van der Waals surface area contributed by atoms with Gasteiger partial charge in [-0.15, -0.1) is 16.4 Å². The lowest BCUT2D eigenvalue weighted by Crippen LogP contribution is -2.19. The number of fused-ring (bicyclic) bond motifs is 3. The number of nitriles is 1. The van der Waals surface area contributed by atoms with E-state index in [0.29, 0.717) is 11.4 Å². The first-order valence-electron chi connectivity index (χ1n) is 7.76. The highest BCUT2D eigenvalue weighted by Crippen LogP contribution is 2.39. The van der Waals surface area contributed by atoms with Crippen molar-refractivity contribution in [3.05, 3.63) is 48.5 Å². The number of anilines is 1. The summed E-state index contributed by atoms with van der Waals surface area (Å²) in [4.78, 5) is 16.1. The minimum Gasteiger partial charge on any atom is -0.495 e. The lowest BCUT2D eigenvalue weighted by molar-refractivity contribution is -0.116. The van der Waals surface area contributed by atoms with Crippen LogP contribution in [0.25, 0.3) is 20.2 Å². The summed E-state index contributed by atoms with van der Waals surface area (Å²) in [5.74, 6) is 0.339. The van der Waals surface area contributed by atoms with Crippen molar-refractivity contribution in [1.29, 1.82) is 5.26 Å². The Morgan fingerprint density at radius 1 is 1.31 bits per heavy atom. The number of thiophene rings is 1. The topological polar surface area (TPSA) is 92.8 Å². The monoisotopic (exact) mass is 363 g/mol. The maximum Gasteiger partial charge on any atom is 0.252 e. The molecule has 0 saturated heterocycles. The van der Waals surface area contributed by atoms with Crippen LogP contribution >= 0.6 is 11.3 Å². The first-order chi connectivity index (χ1) is 12.7. The van der Waals surface area contributed by atoms with Gasteiger partial charge in [0, 0.05) is 20.2 Å². The summed E-state index contributed by atoms with van der Waals surface area (Å²) in [6, 6.07) is 13.8. The van der Waals surface area contributed by atoms with E-state index >= 15 is 0 Å². The zero-order valence-corrected chi connectivity index (χ0v) is 14.6. The molecule has 0 radical (unpaired) electrons. The number of benzene rings is 2. The molecule has 0 fully saturated rings. The second-order valence-corrected chi connectivity index (χ2v) is 6.66. The Morgan fingerprint density at radius 2 is 2.15 bits per heavy atom. The molecule has 0 aliphatic heterocycles. The van der Waals surface area contributed by atoms with E-state index in [4.69, 9.17) is 10.00 Å².